The number of hydrogen-bond donors (Lipinski definition) is 3. The molecule has 1 aliphatic rings. The third-order valence-electron chi connectivity index (χ3n) is 7.00. The van der Waals surface area contributed by atoms with E-state index in [4.69, 9.17) is 0 Å². The molecule has 3 N–H and O–H groups in total. The van der Waals surface area contributed by atoms with Gasteiger partial charge in [-0.2, -0.15) is 0 Å². The lowest BCUT2D eigenvalue weighted by Crippen LogP contribution is -2.50. The van der Waals surface area contributed by atoms with Crippen molar-refractivity contribution in [3.05, 3.63) is 88.6 Å². The fraction of sp³-hybridized carbons (Fsp3) is 0.267. The average molecular weight is 435 g/mol. The molecule has 3 aromatic carbocycles. The predicted octanol–water partition coefficient (Wildman–Crippen LogP) is 6.52. The minimum atomic E-state index is -0.527. The van der Waals surface area contributed by atoms with Crippen molar-refractivity contribution in [2.75, 3.05) is 5.32 Å². The summed E-state index contributed by atoms with van der Waals surface area (Å²) in [6.45, 7) is 10.5. The maximum Gasteiger partial charge on any atom is 0.0831 e. The molecule has 0 aliphatic carbocycles. The highest BCUT2D eigenvalue weighted by Crippen LogP contribution is 2.46. The second-order valence-corrected chi connectivity index (χ2v) is 9.80. The molecule has 0 saturated heterocycles. The molecule has 0 saturated carbocycles. The van der Waals surface area contributed by atoms with Crippen LogP contribution in [0.2, 0.25) is 0 Å². The van der Waals surface area contributed by atoms with Gasteiger partial charge in [0.1, 0.15) is 0 Å². The van der Waals surface area contributed by atoms with Gasteiger partial charge in [-0.25, -0.2) is 0 Å². The van der Waals surface area contributed by atoms with Gasteiger partial charge in [0.25, 0.3) is 0 Å². The Labute approximate surface area is 195 Å². The van der Waals surface area contributed by atoms with Gasteiger partial charge in [-0.15, -0.1) is 0 Å². The maximum atomic E-state index is 11.2. The van der Waals surface area contributed by atoms with Crippen molar-refractivity contribution in [1.82, 2.24) is 4.98 Å². The molecule has 0 bridgehead atoms. The third-order valence-corrected chi connectivity index (χ3v) is 7.00. The molecule has 3 nitrogen and oxygen atoms in total. The van der Waals surface area contributed by atoms with Crippen LogP contribution in [0.15, 0.2) is 60.8 Å². The Morgan fingerprint density at radius 2 is 1.67 bits per heavy atom. The van der Waals surface area contributed by atoms with Crippen LogP contribution in [0, 0.1) is 25.7 Å². The molecule has 1 aliphatic heterocycles. The van der Waals surface area contributed by atoms with Crippen molar-refractivity contribution in [1.29, 1.82) is 0 Å². The average Bonchev–Trinajstić information content (AvgIpc) is 3.19. The van der Waals surface area contributed by atoms with E-state index in [1.807, 2.05) is 30.3 Å². The molecule has 5 rings (SSSR count). The quantitative estimate of drug-likeness (QED) is 0.299. The number of rotatable bonds is 1. The van der Waals surface area contributed by atoms with Crippen molar-refractivity contribution in [2.45, 2.75) is 52.2 Å². The first-order valence-corrected chi connectivity index (χ1v) is 11.6. The summed E-state index contributed by atoms with van der Waals surface area (Å²) in [5, 5.41) is 16.0. The minimum Gasteiger partial charge on any atom is -0.390 e. The van der Waals surface area contributed by atoms with Crippen molar-refractivity contribution in [3.63, 3.8) is 0 Å². The van der Waals surface area contributed by atoms with Gasteiger partial charge in [0.2, 0.25) is 0 Å². The standard InChI is InChI=1S/C30H30N2O/c1-18-16-25(24-13-9-12-22-19(2)17-31-28(22)24)23(15-14-21-10-7-6-8-11-21)26-20(3)29(33)30(4,5)32-27(18)26/h6-13,16-17,20,29,31-33H,1-5H3. The largest absolute Gasteiger partial charge is 0.390 e. The summed E-state index contributed by atoms with van der Waals surface area (Å²) in [7, 11) is 0. The number of fused-ring (bicyclic) bond motifs is 2. The van der Waals surface area contributed by atoms with Gasteiger partial charge < -0.3 is 15.4 Å². The van der Waals surface area contributed by atoms with E-state index in [2.05, 4.69) is 87.2 Å². The van der Waals surface area contributed by atoms with E-state index >= 15 is 0 Å². The van der Waals surface area contributed by atoms with Gasteiger partial charge in [-0.3, -0.25) is 0 Å². The topological polar surface area (TPSA) is 48.0 Å². The monoisotopic (exact) mass is 434 g/mol. The van der Waals surface area contributed by atoms with E-state index in [1.165, 1.54) is 10.9 Å². The van der Waals surface area contributed by atoms with Crippen LogP contribution in [0.3, 0.4) is 0 Å². The number of aliphatic hydroxyl groups is 1. The first-order chi connectivity index (χ1) is 15.8. The SMILES string of the molecule is Cc1cc(-c2cccc3c(C)c[nH]c23)c(C#Cc2ccccc2)c2c1NC(C)(C)C(O)C2C. The lowest BCUT2D eigenvalue weighted by atomic mass is 9.75. The van der Waals surface area contributed by atoms with Crippen molar-refractivity contribution in [3.8, 4) is 23.0 Å². The lowest BCUT2D eigenvalue weighted by molar-refractivity contribution is 0.0868. The highest BCUT2D eigenvalue weighted by molar-refractivity contribution is 5.98. The Morgan fingerprint density at radius 3 is 2.42 bits per heavy atom. The molecule has 0 spiro atoms. The number of H-pyrrole nitrogens is 1. The highest BCUT2D eigenvalue weighted by atomic mass is 16.3. The van der Waals surface area contributed by atoms with Crippen LogP contribution in [0.1, 0.15) is 54.5 Å². The summed E-state index contributed by atoms with van der Waals surface area (Å²) < 4.78 is 0. The summed E-state index contributed by atoms with van der Waals surface area (Å²) in [6, 6.07) is 18.7. The predicted molar refractivity (Wildman–Crippen MR) is 138 cm³/mol. The van der Waals surface area contributed by atoms with Crippen molar-refractivity contribution < 1.29 is 5.11 Å². The second-order valence-electron chi connectivity index (χ2n) is 9.80. The van der Waals surface area contributed by atoms with Crippen molar-refractivity contribution in [2.24, 2.45) is 0 Å². The fourth-order valence-electron chi connectivity index (χ4n) is 5.17. The van der Waals surface area contributed by atoms with E-state index in [0.717, 1.165) is 44.6 Å². The number of aryl methyl sites for hydroxylation is 2. The molecule has 4 aromatic rings. The molecule has 2 unspecified atom stereocenters. The van der Waals surface area contributed by atoms with E-state index in [9.17, 15) is 5.11 Å². The zero-order chi connectivity index (χ0) is 23.3. The number of para-hydroxylation sites is 1. The molecule has 2 heterocycles. The van der Waals surface area contributed by atoms with Gasteiger partial charge in [-0.1, -0.05) is 55.2 Å². The number of benzene rings is 3. The van der Waals surface area contributed by atoms with Gasteiger partial charge in [0.05, 0.1) is 17.2 Å². The number of anilines is 1. The Kier molecular flexibility index (Phi) is 5.07. The first kappa shape index (κ1) is 21.4. The minimum absolute atomic E-state index is 0.0560. The fourth-order valence-corrected chi connectivity index (χ4v) is 5.17. The molecule has 0 radical (unpaired) electrons. The van der Waals surface area contributed by atoms with Crippen LogP contribution in [-0.2, 0) is 0 Å². The summed E-state index contributed by atoms with van der Waals surface area (Å²) in [5.74, 6) is 6.84. The Balaban J connectivity index is 1.83. The molecule has 33 heavy (non-hydrogen) atoms. The number of aromatic amines is 1. The first-order valence-electron chi connectivity index (χ1n) is 11.6. The van der Waals surface area contributed by atoms with Crippen LogP contribution in [0.4, 0.5) is 5.69 Å². The number of aromatic nitrogens is 1. The van der Waals surface area contributed by atoms with Gasteiger partial charge >= 0.3 is 0 Å². The lowest BCUT2D eigenvalue weighted by Gasteiger charge is -2.43. The maximum absolute atomic E-state index is 11.2. The summed E-state index contributed by atoms with van der Waals surface area (Å²) in [6.07, 6.45) is 1.53. The highest BCUT2D eigenvalue weighted by Gasteiger charge is 2.40. The molecule has 166 valence electrons. The van der Waals surface area contributed by atoms with Gasteiger partial charge in [-0.05, 0) is 62.6 Å². The van der Waals surface area contributed by atoms with Gasteiger partial charge in [0, 0.05) is 45.4 Å². The molecular weight excluding hydrogens is 404 g/mol. The zero-order valence-electron chi connectivity index (χ0n) is 19.9. The second kappa shape index (κ2) is 7.83. The molecule has 0 amide bonds. The molecule has 2 atom stereocenters. The van der Waals surface area contributed by atoms with Crippen LogP contribution in [-0.4, -0.2) is 21.7 Å². The van der Waals surface area contributed by atoms with E-state index in [0.29, 0.717) is 0 Å². The number of hydrogen-bond acceptors (Lipinski definition) is 2. The Morgan fingerprint density at radius 1 is 0.909 bits per heavy atom. The van der Waals surface area contributed by atoms with Crippen LogP contribution in [0.25, 0.3) is 22.0 Å². The van der Waals surface area contributed by atoms with Crippen LogP contribution >= 0.6 is 0 Å². The zero-order valence-corrected chi connectivity index (χ0v) is 19.9. The van der Waals surface area contributed by atoms with Crippen LogP contribution < -0.4 is 5.32 Å². The van der Waals surface area contributed by atoms with E-state index in [-0.39, 0.29) is 5.92 Å². The Bertz CT molecular complexity index is 1420. The Hall–Kier alpha value is -3.48. The van der Waals surface area contributed by atoms with E-state index < -0.39 is 11.6 Å². The van der Waals surface area contributed by atoms with Crippen molar-refractivity contribution >= 4 is 16.6 Å². The molecule has 0 fully saturated rings. The van der Waals surface area contributed by atoms with E-state index in [1.54, 1.807) is 0 Å². The molecule has 3 heteroatoms. The normalized spacial score (nSPS) is 18.8. The number of nitrogens with one attached hydrogen (secondary N) is 2. The third kappa shape index (κ3) is 3.52. The van der Waals surface area contributed by atoms with Gasteiger partial charge in [0.15, 0.2) is 0 Å². The van der Waals surface area contributed by atoms with Crippen LogP contribution in [0.5, 0.6) is 0 Å². The summed E-state index contributed by atoms with van der Waals surface area (Å²) >= 11 is 0. The summed E-state index contributed by atoms with van der Waals surface area (Å²) in [4.78, 5) is 3.48. The smallest absolute Gasteiger partial charge is 0.0831 e. The number of aliphatic hydroxyl groups excluding tert-OH is 1. The summed E-state index contributed by atoms with van der Waals surface area (Å²) in [5.41, 5.74) is 9.47. The molecule has 1 aromatic heterocycles. The molecular formula is C30H30N2O.